The Bertz CT molecular complexity index is 351. The van der Waals surface area contributed by atoms with Crippen molar-refractivity contribution in [3.8, 4) is 0 Å². The minimum absolute atomic E-state index is 0.961. The van der Waals surface area contributed by atoms with Crippen LogP contribution in [0.25, 0.3) is 0 Å². The first-order chi connectivity index (χ1) is 6.45. The molecule has 0 fully saturated rings. The zero-order valence-electron chi connectivity index (χ0n) is 6.75. The lowest BCUT2D eigenvalue weighted by Crippen LogP contribution is -2.36. The molecule has 64 valence electrons. The van der Waals surface area contributed by atoms with Crippen LogP contribution in [0.3, 0.4) is 0 Å². The Kier molecular flexibility index (Phi) is 1.17. The van der Waals surface area contributed by atoms with Gasteiger partial charge in [0.25, 0.3) is 0 Å². The van der Waals surface area contributed by atoms with E-state index in [-0.39, 0.29) is 0 Å². The lowest BCUT2D eigenvalue weighted by atomic mass is 10.2. The van der Waals surface area contributed by atoms with Gasteiger partial charge in [-0.1, -0.05) is 6.08 Å². The van der Waals surface area contributed by atoms with Gasteiger partial charge < -0.3 is 0 Å². The number of allylic oxidation sites excluding steroid dienone is 4. The number of rotatable bonds is 0. The van der Waals surface area contributed by atoms with Crippen molar-refractivity contribution < 1.29 is 0 Å². The van der Waals surface area contributed by atoms with E-state index in [4.69, 9.17) is 0 Å². The molecule has 0 atom stereocenters. The third-order valence-electron chi connectivity index (χ3n) is 1.98. The summed E-state index contributed by atoms with van der Waals surface area (Å²) in [4.78, 5) is 3.97. The third kappa shape index (κ3) is 0.844. The maximum absolute atomic E-state index is 4.05. The van der Waals surface area contributed by atoms with Gasteiger partial charge in [-0.25, -0.2) is 4.99 Å². The van der Waals surface area contributed by atoms with Crippen LogP contribution in [0.5, 0.6) is 0 Å². The molecular formula is C8H7N5. The molecule has 0 spiro atoms. The number of hydrazine groups is 2. The Labute approximate surface area is 75.0 Å². The van der Waals surface area contributed by atoms with Crippen LogP contribution in [0.4, 0.5) is 0 Å². The zero-order valence-corrected chi connectivity index (χ0v) is 6.75. The van der Waals surface area contributed by atoms with E-state index in [1.165, 1.54) is 6.34 Å². The van der Waals surface area contributed by atoms with Crippen LogP contribution in [-0.2, 0) is 0 Å². The van der Waals surface area contributed by atoms with E-state index in [0.29, 0.717) is 0 Å². The molecule has 0 radical (unpaired) electrons. The van der Waals surface area contributed by atoms with E-state index < -0.39 is 0 Å². The SMILES string of the molecule is C1=CC2=C3C=NC=NN3NN2C=C1. The summed E-state index contributed by atoms with van der Waals surface area (Å²) in [6, 6.07) is 0. The standard InChI is InChI=1S/C8H7N5/c1-2-4-12-7(3-1)8-5-9-6-10-13(8)11-12/h1-6,11H. The van der Waals surface area contributed by atoms with Crippen molar-refractivity contribution in [2.45, 2.75) is 0 Å². The largest absolute Gasteiger partial charge is 0.263 e. The molecule has 5 nitrogen and oxygen atoms in total. The minimum atomic E-state index is 0.961. The summed E-state index contributed by atoms with van der Waals surface area (Å²) in [6.07, 6.45) is 11.2. The van der Waals surface area contributed by atoms with Crippen molar-refractivity contribution in [2.24, 2.45) is 10.1 Å². The molecule has 3 heterocycles. The molecule has 0 saturated carbocycles. The van der Waals surface area contributed by atoms with E-state index in [9.17, 15) is 0 Å². The first kappa shape index (κ1) is 6.62. The van der Waals surface area contributed by atoms with Crippen molar-refractivity contribution in [1.82, 2.24) is 15.7 Å². The van der Waals surface area contributed by atoms with Crippen LogP contribution in [0.1, 0.15) is 0 Å². The Morgan fingerprint density at radius 1 is 1.23 bits per heavy atom. The minimum Gasteiger partial charge on any atom is -0.263 e. The van der Waals surface area contributed by atoms with E-state index in [2.05, 4.69) is 15.6 Å². The summed E-state index contributed by atoms with van der Waals surface area (Å²) in [5.41, 5.74) is 5.08. The number of fused-ring (bicyclic) bond motifs is 2. The maximum atomic E-state index is 4.05. The second kappa shape index (κ2) is 2.30. The van der Waals surface area contributed by atoms with Gasteiger partial charge in [-0.15, -0.1) is 10.6 Å². The van der Waals surface area contributed by atoms with Crippen LogP contribution < -0.4 is 5.53 Å². The van der Waals surface area contributed by atoms with Gasteiger partial charge in [0, 0.05) is 6.20 Å². The summed E-state index contributed by atoms with van der Waals surface area (Å²) in [5.74, 6) is 0. The lowest BCUT2D eigenvalue weighted by molar-refractivity contribution is 0.175. The molecule has 0 amide bonds. The molecule has 0 aromatic rings. The lowest BCUT2D eigenvalue weighted by Gasteiger charge is -2.18. The molecule has 5 heteroatoms. The summed E-state index contributed by atoms with van der Waals surface area (Å²) >= 11 is 0. The van der Waals surface area contributed by atoms with E-state index in [1.54, 1.807) is 11.3 Å². The van der Waals surface area contributed by atoms with Gasteiger partial charge in [-0.05, 0) is 12.2 Å². The average Bonchev–Trinajstić information content (AvgIpc) is 2.56. The van der Waals surface area contributed by atoms with Crippen molar-refractivity contribution in [3.63, 3.8) is 0 Å². The summed E-state index contributed by atoms with van der Waals surface area (Å²) in [7, 11) is 0. The Morgan fingerprint density at radius 3 is 3.23 bits per heavy atom. The van der Waals surface area contributed by atoms with Gasteiger partial charge in [0.1, 0.15) is 12.0 Å². The van der Waals surface area contributed by atoms with E-state index >= 15 is 0 Å². The number of hydrogen-bond acceptors (Lipinski definition) is 5. The summed E-state index contributed by atoms with van der Waals surface area (Å²) in [5, 5.41) is 7.62. The van der Waals surface area contributed by atoms with Crippen molar-refractivity contribution in [3.05, 3.63) is 35.8 Å². The van der Waals surface area contributed by atoms with Crippen molar-refractivity contribution in [2.75, 3.05) is 0 Å². The van der Waals surface area contributed by atoms with Crippen LogP contribution in [0, 0.1) is 0 Å². The fourth-order valence-electron chi connectivity index (χ4n) is 1.40. The molecule has 0 aliphatic carbocycles. The Morgan fingerprint density at radius 2 is 2.23 bits per heavy atom. The molecule has 3 aliphatic rings. The molecular weight excluding hydrogens is 166 g/mol. The molecule has 0 unspecified atom stereocenters. The highest BCUT2D eigenvalue weighted by Gasteiger charge is 2.26. The fourth-order valence-corrected chi connectivity index (χ4v) is 1.40. The molecule has 13 heavy (non-hydrogen) atoms. The number of nitrogens with one attached hydrogen (secondary N) is 1. The van der Waals surface area contributed by atoms with Crippen molar-refractivity contribution in [1.29, 1.82) is 0 Å². The predicted octanol–water partition coefficient (Wildman–Crippen LogP) is 0.346. The van der Waals surface area contributed by atoms with E-state index in [0.717, 1.165) is 11.4 Å². The Balaban J connectivity index is 2.11. The predicted molar refractivity (Wildman–Crippen MR) is 49.1 cm³/mol. The van der Waals surface area contributed by atoms with Gasteiger partial charge in [0.15, 0.2) is 0 Å². The van der Waals surface area contributed by atoms with Crippen LogP contribution >= 0.6 is 0 Å². The van der Waals surface area contributed by atoms with E-state index in [1.807, 2.05) is 29.4 Å². The monoisotopic (exact) mass is 173 g/mol. The molecule has 0 aromatic carbocycles. The zero-order chi connectivity index (χ0) is 8.67. The topological polar surface area (TPSA) is 43.2 Å². The second-order valence-electron chi connectivity index (χ2n) is 2.76. The van der Waals surface area contributed by atoms with Gasteiger partial charge in [-0.3, -0.25) is 5.01 Å². The first-order valence-corrected chi connectivity index (χ1v) is 3.95. The molecule has 0 bridgehead atoms. The number of hydrazone groups is 1. The van der Waals surface area contributed by atoms with Crippen LogP contribution in [-0.4, -0.2) is 22.7 Å². The number of nitrogens with zero attached hydrogens (tertiary/aromatic N) is 4. The van der Waals surface area contributed by atoms with Gasteiger partial charge in [0.2, 0.25) is 0 Å². The fraction of sp³-hybridized carbons (Fsp3) is 0. The van der Waals surface area contributed by atoms with Crippen molar-refractivity contribution >= 4 is 12.6 Å². The highest BCUT2D eigenvalue weighted by molar-refractivity contribution is 5.88. The maximum Gasteiger partial charge on any atom is 0.137 e. The van der Waals surface area contributed by atoms with Crippen LogP contribution in [0.15, 0.2) is 45.9 Å². The number of hydrogen-bond donors (Lipinski definition) is 1. The molecule has 3 aliphatic heterocycles. The highest BCUT2D eigenvalue weighted by atomic mass is 15.9. The van der Waals surface area contributed by atoms with Crippen LogP contribution in [0.2, 0.25) is 0 Å². The number of aliphatic imine (C=N–C) groups is 1. The average molecular weight is 173 g/mol. The normalized spacial score (nSPS) is 22.8. The van der Waals surface area contributed by atoms with Gasteiger partial charge in [0.05, 0.1) is 11.9 Å². The molecule has 0 saturated heterocycles. The summed E-state index contributed by atoms with van der Waals surface area (Å²) < 4.78 is 0. The highest BCUT2D eigenvalue weighted by Crippen LogP contribution is 2.23. The molecule has 1 N–H and O–H groups in total. The van der Waals surface area contributed by atoms with Gasteiger partial charge in [-0.2, -0.15) is 5.12 Å². The first-order valence-electron chi connectivity index (χ1n) is 3.95. The summed E-state index contributed by atoms with van der Waals surface area (Å²) in [6.45, 7) is 0. The Hall–Kier alpha value is -1.88. The second-order valence-corrected chi connectivity index (χ2v) is 2.76. The molecule has 3 rings (SSSR count). The third-order valence-corrected chi connectivity index (χ3v) is 1.98. The molecule has 0 aromatic heterocycles. The quantitative estimate of drug-likeness (QED) is 0.574. The van der Waals surface area contributed by atoms with Gasteiger partial charge >= 0.3 is 0 Å². The smallest absolute Gasteiger partial charge is 0.137 e.